The first-order valence-electron chi connectivity index (χ1n) is 13.7. The number of nitrogens with one attached hydrogen (secondary N) is 1. The summed E-state index contributed by atoms with van der Waals surface area (Å²) in [4.78, 5) is 45.5. The van der Waals surface area contributed by atoms with Crippen molar-refractivity contribution in [3.63, 3.8) is 0 Å². The maximum absolute atomic E-state index is 13.2. The van der Waals surface area contributed by atoms with Crippen molar-refractivity contribution in [2.45, 2.75) is 33.5 Å². The summed E-state index contributed by atoms with van der Waals surface area (Å²) in [5.41, 5.74) is 14.9. The van der Waals surface area contributed by atoms with Gasteiger partial charge in [-0.3, -0.25) is 19.6 Å². The van der Waals surface area contributed by atoms with Crippen LogP contribution in [0.5, 0.6) is 5.75 Å². The van der Waals surface area contributed by atoms with Crippen LogP contribution in [-0.4, -0.2) is 70.1 Å². The number of imidazole rings is 2. The van der Waals surface area contributed by atoms with E-state index >= 15 is 0 Å². The highest BCUT2D eigenvalue weighted by molar-refractivity contribution is 6.03. The number of allylic oxidation sites excluding steroid dienone is 2. The number of amides is 2. The first-order chi connectivity index (χ1) is 21.1. The molecule has 0 aliphatic carbocycles. The fourth-order valence-electron chi connectivity index (χ4n) is 4.88. The standard InChI is InChI=1S/C29H31N9O6/c1-3-38-22(12-16(2)35-38)26(41)34-29-33-19-13-17(27(42)43)6-7-21(19)36(29)8-4-5-9-37-24-20(32-28(37)31)14-18(25(30)40)15-23(24)44-11-10-39/h4-7,12-15,39H,3,8-11H2,1-2H3,(H2,30,40)(H2,31,32)(H,42,43)(H,33,34,41). The Morgan fingerprint density at radius 1 is 1.02 bits per heavy atom. The van der Waals surface area contributed by atoms with Crippen LogP contribution in [0.3, 0.4) is 0 Å². The van der Waals surface area contributed by atoms with Gasteiger partial charge in [-0.25, -0.2) is 14.8 Å². The van der Waals surface area contributed by atoms with Crippen molar-refractivity contribution in [1.29, 1.82) is 0 Å². The summed E-state index contributed by atoms with van der Waals surface area (Å²) in [6, 6.07) is 9.23. The van der Waals surface area contributed by atoms with Crippen molar-refractivity contribution in [3.05, 3.63) is 71.1 Å². The zero-order chi connectivity index (χ0) is 31.5. The molecular weight excluding hydrogens is 570 g/mol. The molecule has 3 heterocycles. The first kappa shape index (κ1) is 29.8. The average molecular weight is 602 g/mol. The number of carboxylic acid groups (broad SMARTS) is 1. The molecule has 0 spiro atoms. The fourth-order valence-corrected chi connectivity index (χ4v) is 4.88. The van der Waals surface area contributed by atoms with Crippen LogP contribution in [0.4, 0.5) is 11.9 Å². The van der Waals surface area contributed by atoms with Crippen LogP contribution in [0.15, 0.2) is 48.6 Å². The molecule has 0 aliphatic rings. The lowest BCUT2D eigenvalue weighted by Crippen LogP contribution is -2.19. The second kappa shape index (κ2) is 12.3. The van der Waals surface area contributed by atoms with E-state index in [0.717, 1.165) is 0 Å². The topological polar surface area (TPSA) is 218 Å². The van der Waals surface area contributed by atoms with Gasteiger partial charge in [0.1, 0.15) is 23.6 Å². The van der Waals surface area contributed by atoms with Gasteiger partial charge in [0.05, 0.1) is 34.4 Å². The molecule has 7 N–H and O–H groups in total. The molecule has 228 valence electrons. The van der Waals surface area contributed by atoms with Crippen LogP contribution in [0.25, 0.3) is 22.1 Å². The molecule has 15 heteroatoms. The van der Waals surface area contributed by atoms with Crippen LogP contribution in [0.1, 0.15) is 43.8 Å². The Hall–Kier alpha value is -5.70. The number of aliphatic hydroxyl groups is 1. The van der Waals surface area contributed by atoms with E-state index in [0.29, 0.717) is 45.7 Å². The number of aryl methyl sites for hydroxylation is 2. The highest BCUT2D eigenvalue weighted by Gasteiger charge is 2.19. The lowest BCUT2D eigenvalue weighted by molar-refractivity contribution is 0.0696. The molecule has 0 unspecified atom stereocenters. The van der Waals surface area contributed by atoms with Gasteiger partial charge in [-0.1, -0.05) is 12.2 Å². The summed E-state index contributed by atoms with van der Waals surface area (Å²) in [7, 11) is 0. The smallest absolute Gasteiger partial charge is 0.335 e. The van der Waals surface area contributed by atoms with Gasteiger partial charge in [0, 0.05) is 25.2 Å². The van der Waals surface area contributed by atoms with Crippen LogP contribution in [0, 0.1) is 6.92 Å². The number of aliphatic hydroxyl groups excluding tert-OH is 1. The van der Waals surface area contributed by atoms with Crippen LogP contribution < -0.4 is 21.5 Å². The Balaban J connectivity index is 1.46. The Kier molecular flexibility index (Phi) is 8.30. The van der Waals surface area contributed by atoms with Crippen molar-refractivity contribution in [1.82, 2.24) is 28.9 Å². The number of fused-ring (bicyclic) bond motifs is 2. The normalized spacial score (nSPS) is 11.5. The Bertz CT molecular complexity index is 1930. The minimum Gasteiger partial charge on any atom is -0.489 e. The number of aromatic nitrogens is 6. The molecule has 0 saturated heterocycles. The number of carboxylic acids is 1. The van der Waals surface area contributed by atoms with Gasteiger partial charge in [-0.2, -0.15) is 5.10 Å². The van der Waals surface area contributed by atoms with E-state index in [1.54, 1.807) is 32.9 Å². The van der Waals surface area contributed by atoms with Gasteiger partial charge >= 0.3 is 5.97 Å². The second-order valence-electron chi connectivity index (χ2n) is 9.83. The third-order valence-corrected chi connectivity index (χ3v) is 6.87. The van der Waals surface area contributed by atoms with Crippen molar-refractivity contribution in [3.8, 4) is 5.75 Å². The predicted molar refractivity (Wildman–Crippen MR) is 162 cm³/mol. The molecule has 5 rings (SSSR count). The van der Waals surface area contributed by atoms with E-state index in [2.05, 4.69) is 20.4 Å². The Morgan fingerprint density at radius 2 is 1.75 bits per heavy atom. The van der Waals surface area contributed by atoms with Crippen molar-refractivity contribution < 1.29 is 29.3 Å². The lowest BCUT2D eigenvalue weighted by Gasteiger charge is -2.11. The number of ether oxygens (including phenoxy) is 1. The van der Waals surface area contributed by atoms with Crippen LogP contribution in [0.2, 0.25) is 0 Å². The van der Waals surface area contributed by atoms with E-state index in [-0.39, 0.29) is 49.3 Å². The third kappa shape index (κ3) is 5.80. The molecule has 0 bridgehead atoms. The number of rotatable bonds is 12. The SMILES string of the molecule is CCn1nc(C)cc1C(=O)Nc1nc2cc(C(=O)O)ccc2n1CC=CCn1c(N)nc2cc(C(N)=O)cc(OCCO)c21. The van der Waals surface area contributed by atoms with Crippen molar-refractivity contribution in [2.75, 3.05) is 24.3 Å². The highest BCUT2D eigenvalue weighted by Crippen LogP contribution is 2.30. The maximum atomic E-state index is 13.2. The van der Waals surface area contributed by atoms with E-state index in [1.165, 1.54) is 24.3 Å². The van der Waals surface area contributed by atoms with Crippen molar-refractivity contribution in [2.24, 2.45) is 5.73 Å². The quantitative estimate of drug-likeness (QED) is 0.131. The number of aromatic carboxylic acids is 1. The third-order valence-electron chi connectivity index (χ3n) is 6.87. The number of carbonyl (C=O) groups excluding carboxylic acids is 2. The number of benzene rings is 2. The molecule has 0 aliphatic heterocycles. The molecule has 44 heavy (non-hydrogen) atoms. The van der Waals surface area contributed by atoms with E-state index in [9.17, 15) is 24.6 Å². The van der Waals surface area contributed by atoms with Gasteiger partial charge in [0.15, 0.2) is 0 Å². The average Bonchev–Trinajstić information content (AvgIpc) is 3.65. The highest BCUT2D eigenvalue weighted by atomic mass is 16.5. The monoisotopic (exact) mass is 601 g/mol. The summed E-state index contributed by atoms with van der Waals surface area (Å²) in [6.07, 6.45) is 3.66. The zero-order valence-electron chi connectivity index (χ0n) is 24.0. The van der Waals surface area contributed by atoms with Crippen LogP contribution >= 0.6 is 0 Å². The molecule has 3 aromatic heterocycles. The number of carbonyl (C=O) groups is 3. The van der Waals surface area contributed by atoms with Gasteiger partial charge in [0.25, 0.3) is 5.91 Å². The fraction of sp³-hybridized carbons (Fsp3) is 0.241. The summed E-state index contributed by atoms with van der Waals surface area (Å²) in [5, 5.41) is 25.9. The summed E-state index contributed by atoms with van der Waals surface area (Å²) >= 11 is 0. The molecule has 0 fully saturated rings. The Labute approximate surface area is 250 Å². The number of hydrogen-bond donors (Lipinski definition) is 5. The summed E-state index contributed by atoms with van der Waals surface area (Å²) in [5.74, 6) is -1.46. The number of nitrogen functional groups attached to an aromatic ring is 1. The summed E-state index contributed by atoms with van der Waals surface area (Å²) in [6.45, 7) is 4.45. The molecule has 5 aromatic rings. The lowest BCUT2D eigenvalue weighted by atomic mass is 10.1. The first-order valence-corrected chi connectivity index (χ1v) is 13.7. The molecule has 0 radical (unpaired) electrons. The van der Waals surface area contributed by atoms with E-state index < -0.39 is 17.8 Å². The second-order valence-corrected chi connectivity index (χ2v) is 9.83. The van der Waals surface area contributed by atoms with E-state index in [4.69, 9.17) is 16.2 Å². The minimum atomic E-state index is -1.09. The molecule has 0 atom stereocenters. The Morgan fingerprint density at radius 3 is 2.43 bits per heavy atom. The molecule has 15 nitrogen and oxygen atoms in total. The molecular formula is C29H31N9O6. The number of hydrogen-bond acceptors (Lipinski definition) is 9. The minimum absolute atomic E-state index is 0.0113. The molecule has 2 amide bonds. The number of nitrogens with zero attached hydrogens (tertiary/aromatic N) is 6. The zero-order valence-corrected chi connectivity index (χ0v) is 24.0. The number of nitrogens with two attached hydrogens (primary N) is 2. The molecule has 2 aromatic carbocycles. The van der Waals surface area contributed by atoms with Crippen LogP contribution in [-0.2, 0) is 19.6 Å². The maximum Gasteiger partial charge on any atom is 0.335 e. The van der Waals surface area contributed by atoms with E-state index in [1.807, 2.05) is 19.1 Å². The largest absolute Gasteiger partial charge is 0.489 e. The molecule has 0 saturated carbocycles. The predicted octanol–water partition coefficient (Wildman–Crippen LogP) is 2.17. The number of primary amides is 1. The van der Waals surface area contributed by atoms with Crippen molar-refractivity contribution >= 4 is 51.7 Å². The van der Waals surface area contributed by atoms with Gasteiger partial charge in [-0.05, 0) is 50.2 Å². The van der Waals surface area contributed by atoms with Gasteiger partial charge in [0.2, 0.25) is 17.8 Å². The van der Waals surface area contributed by atoms with Gasteiger partial charge < -0.3 is 35.6 Å². The van der Waals surface area contributed by atoms with Gasteiger partial charge in [-0.15, -0.1) is 0 Å². The number of anilines is 2. The summed E-state index contributed by atoms with van der Waals surface area (Å²) < 4.78 is 10.7.